The van der Waals surface area contributed by atoms with Crippen molar-refractivity contribution in [1.29, 1.82) is 0 Å². The zero-order chi connectivity index (χ0) is 13.4. The summed E-state index contributed by atoms with van der Waals surface area (Å²) in [6, 6.07) is 9.87. The van der Waals surface area contributed by atoms with Gasteiger partial charge in [0.1, 0.15) is 0 Å². The van der Waals surface area contributed by atoms with E-state index in [1.165, 1.54) is 0 Å². The van der Waals surface area contributed by atoms with Gasteiger partial charge in [-0.15, -0.1) is 0 Å². The van der Waals surface area contributed by atoms with Crippen molar-refractivity contribution >= 4 is 5.97 Å². The average molecular weight is 251 g/mol. The summed E-state index contributed by atoms with van der Waals surface area (Å²) >= 11 is 0. The maximum absolute atomic E-state index is 11.5. The molecule has 0 aliphatic carbocycles. The molecule has 0 aliphatic heterocycles. The molecule has 1 unspecified atom stereocenters. The van der Waals surface area contributed by atoms with Gasteiger partial charge in [0.2, 0.25) is 0 Å². The SMILES string of the molecule is CCOC(=O)CN(Cc1ccccc1)CC(C)O. The molecule has 0 radical (unpaired) electrons. The van der Waals surface area contributed by atoms with Gasteiger partial charge < -0.3 is 9.84 Å². The largest absolute Gasteiger partial charge is 0.465 e. The number of aliphatic hydroxyl groups is 1. The monoisotopic (exact) mass is 251 g/mol. The lowest BCUT2D eigenvalue weighted by atomic mass is 10.2. The molecule has 0 aliphatic rings. The molecular formula is C14H21NO3. The second kappa shape index (κ2) is 7.84. The van der Waals surface area contributed by atoms with Crippen LogP contribution in [0.1, 0.15) is 19.4 Å². The molecule has 1 aromatic rings. The normalized spacial score (nSPS) is 12.4. The zero-order valence-electron chi connectivity index (χ0n) is 11.0. The summed E-state index contributed by atoms with van der Waals surface area (Å²) in [5.41, 5.74) is 1.11. The Morgan fingerprint density at radius 3 is 2.61 bits per heavy atom. The second-order valence-corrected chi connectivity index (χ2v) is 4.31. The fraction of sp³-hybridized carbons (Fsp3) is 0.500. The molecule has 4 nitrogen and oxygen atoms in total. The molecule has 0 aromatic heterocycles. The fourth-order valence-electron chi connectivity index (χ4n) is 1.79. The van der Waals surface area contributed by atoms with Gasteiger partial charge in [-0.3, -0.25) is 9.69 Å². The summed E-state index contributed by atoms with van der Waals surface area (Å²) in [5, 5.41) is 9.45. The molecule has 100 valence electrons. The molecule has 0 spiro atoms. The summed E-state index contributed by atoms with van der Waals surface area (Å²) in [4.78, 5) is 13.4. The Kier molecular flexibility index (Phi) is 6.39. The van der Waals surface area contributed by atoms with E-state index in [0.717, 1.165) is 5.56 Å². The molecule has 0 fully saturated rings. The van der Waals surface area contributed by atoms with Gasteiger partial charge in [0.25, 0.3) is 0 Å². The maximum Gasteiger partial charge on any atom is 0.320 e. The third-order valence-electron chi connectivity index (χ3n) is 2.43. The number of carbonyl (C=O) groups excluding carboxylic acids is 1. The van der Waals surface area contributed by atoms with Crippen molar-refractivity contribution in [2.45, 2.75) is 26.5 Å². The molecule has 0 saturated heterocycles. The minimum Gasteiger partial charge on any atom is -0.465 e. The minimum atomic E-state index is -0.469. The smallest absolute Gasteiger partial charge is 0.320 e. The number of hydrogen-bond acceptors (Lipinski definition) is 4. The summed E-state index contributed by atoms with van der Waals surface area (Å²) in [7, 11) is 0. The van der Waals surface area contributed by atoms with Gasteiger partial charge >= 0.3 is 5.97 Å². The Bertz CT molecular complexity index is 351. The molecule has 0 heterocycles. The summed E-state index contributed by atoms with van der Waals surface area (Å²) in [6.45, 7) is 5.16. The Balaban J connectivity index is 2.58. The van der Waals surface area contributed by atoms with Crippen LogP contribution in [0.2, 0.25) is 0 Å². The van der Waals surface area contributed by atoms with E-state index in [0.29, 0.717) is 19.7 Å². The quantitative estimate of drug-likeness (QED) is 0.745. The first-order valence-electron chi connectivity index (χ1n) is 6.21. The van der Waals surface area contributed by atoms with Crippen LogP contribution in [-0.2, 0) is 16.1 Å². The number of hydrogen-bond donors (Lipinski definition) is 1. The molecule has 4 heteroatoms. The lowest BCUT2D eigenvalue weighted by Gasteiger charge is -2.22. The van der Waals surface area contributed by atoms with Crippen LogP contribution >= 0.6 is 0 Å². The van der Waals surface area contributed by atoms with Gasteiger partial charge in [-0.1, -0.05) is 30.3 Å². The highest BCUT2D eigenvalue weighted by atomic mass is 16.5. The number of nitrogens with zero attached hydrogens (tertiary/aromatic N) is 1. The van der Waals surface area contributed by atoms with E-state index in [-0.39, 0.29) is 12.5 Å². The van der Waals surface area contributed by atoms with Gasteiger partial charge in [-0.2, -0.15) is 0 Å². The molecule has 0 saturated carbocycles. The number of ether oxygens (including phenoxy) is 1. The second-order valence-electron chi connectivity index (χ2n) is 4.31. The lowest BCUT2D eigenvalue weighted by molar-refractivity contribution is -0.144. The Morgan fingerprint density at radius 2 is 2.06 bits per heavy atom. The van der Waals surface area contributed by atoms with Crippen molar-refractivity contribution in [3.63, 3.8) is 0 Å². The number of aliphatic hydroxyl groups excluding tert-OH is 1. The molecule has 0 bridgehead atoms. The molecule has 0 amide bonds. The van der Waals surface area contributed by atoms with Crippen LogP contribution in [0.25, 0.3) is 0 Å². The first kappa shape index (κ1) is 14.7. The van der Waals surface area contributed by atoms with Crippen molar-refractivity contribution in [2.75, 3.05) is 19.7 Å². The lowest BCUT2D eigenvalue weighted by Crippen LogP contribution is -2.35. The number of benzene rings is 1. The third-order valence-corrected chi connectivity index (χ3v) is 2.43. The van der Waals surface area contributed by atoms with Crippen molar-refractivity contribution in [1.82, 2.24) is 4.90 Å². The number of rotatable bonds is 7. The number of carbonyl (C=O) groups is 1. The van der Waals surface area contributed by atoms with Crippen LogP contribution in [0.3, 0.4) is 0 Å². The van der Waals surface area contributed by atoms with Gasteiger partial charge in [0, 0.05) is 13.1 Å². The first-order chi connectivity index (χ1) is 8.61. The third kappa shape index (κ3) is 5.80. The van der Waals surface area contributed by atoms with Crippen LogP contribution in [0, 0.1) is 0 Å². The standard InChI is InChI=1S/C14H21NO3/c1-3-18-14(17)11-15(9-12(2)16)10-13-7-5-4-6-8-13/h4-8,12,16H,3,9-11H2,1-2H3. The van der Waals surface area contributed by atoms with Gasteiger partial charge in [0.05, 0.1) is 19.3 Å². The maximum atomic E-state index is 11.5. The fourth-order valence-corrected chi connectivity index (χ4v) is 1.79. The van der Waals surface area contributed by atoms with Crippen LogP contribution in [0.4, 0.5) is 0 Å². The van der Waals surface area contributed by atoms with Gasteiger partial charge in [0.15, 0.2) is 0 Å². The van der Waals surface area contributed by atoms with E-state index in [4.69, 9.17) is 4.74 Å². The van der Waals surface area contributed by atoms with E-state index in [1.807, 2.05) is 35.2 Å². The topological polar surface area (TPSA) is 49.8 Å². The van der Waals surface area contributed by atoms with Crippen molar-refractivity contribution < 1.29 is 14.6 Å². The van der Waals surface area contributed by atoms with E-state index in [9.17, 15) is 9.90 Å². The van der Waals surface area contributed by atoms with E-state index < -0.39 is 6.10 Å². The molecule has 1 aromatic carbocycles. The number of esters is 1. The first-order valence-corrected chi connectivity index (χ1v) is 6.21. The van der Waals surface area contributed by atoms with Crippen LogP contribution < -0.4 is 0 Å². The Labute approximate surface area is 108 Å². The van der Waals surface area contributed by atoms with E-state index in [2.05, 4.69) is 0 Å². The summed E-state index contributed by atoms with van der Waals surface area (Å²) < 4.78 is 4.93. The highest BCUT2D eigenvalue weighted by Gasteiger charge is 2.14. The van der Waals surface area contributed by atoms with Crippen LogP contribution in [0.15, 0.2) is 30.3 Å². The predicted molar refractivity (Wildman–Crippen MR) is 70.0 cm³/mol. The highest BCUT2D eigenvalue weighted by Crippen LogP contribution is 2.05. The highest BCUT2D eigenvalue weighted by molar-refractivity contribution is 5.71. The molecule has 1 N–H and O–H groups in total. The zero-order valence-corrected chi connectivity index (χ0v) is 11.0. The molecule has 1 rings (SSSR count). The predicted octanol–water partition coefficient (Wildman–Crippen LogP) is 1.43. The molecular weight excluding hydrogens is 230 g/mol. The van der Waals surface area contributed by atoms with Gasteiger partial charge in [-0.25, -0.2) is 0 Å². The van der Waals surface area contributed by atoms with E-state index in [1.54, 1.807) is 13.8 Å². The van der Waals surface area contributed by atoms with Crippen molar-refractivity contribution in [2.24, 2.45) is 0 Å². The van der Waals surface area contributed by atoms with Crippen LogP contribution in [0.5, 0.6) is 0 Å². The molecule has 1 atom stereocenters. The summed E-state index contributed by atoms with van der Waals surface area (Å²) in [5.74, 6) is -0.255. The Hall–Kier alpha value is -1.39. The van der Waals surface area contributed by atoms with Crippen molar-refractivity contribution in [3.8, 4) is 0 Å². The Morgan fingerprint density at radius 1 is 1.39 bits per heavy atom. The van der Waals surface area contributed by atoms with Crippen molar-refractivity contribution in [3.05, 3.63) is 35.9 Å². The average Bonchev–Trinajstić information content (AvgIpc) is 2.29. The van der Waals surface area contributed by atoms with Gasteiger partial charge in [-0.05, 0) is 19.4 Å². The minimum absolute atomic E-state index is 0.202. The molecule has 18 heavy (non-hydrogen) atoms. The summed E-state index contributed by atoms with van der Waals surface area (Å²) in [6.07, 6.45) is -0.469. The van der Waals surface area contributed by atoms with E-state index >= 15 is 0 Å². The van der Waals surface area contributed by atoms with Crippen LogP contribution in [-0.4, -0.2) is 41.8 Å².